The van der Waals surface area contributed by atoms with E-state index in [-0.39, 0.29) is 0 Å². The molecular weight excluding hydrogens is 174 g/mol. The third-order valence-corrected chi connectivity index (χ3v) is 2.90. The van der Waals surface area contributed by atoms with Crippen LogP contribution in [0.3, 0.4) is 0 Å². The van der Waals surface area contributed by atoms with E-state index in [0.717, 1.165) is 19.1 Å². The molecule has 14 heavy (non-hydrogen) atoms. The summed E-state index contributed by atoms with van der Waals surface area (Å²) in [4.78, 5) is 0. The summed E-state index contributed by atoms with van der Waals surface area (Å²) in [7, 11) is 0. The zero-order valence-electron chi connectivity index (χ0n) is 9.88. The van der Waals surface area contributed by atoms with Gasteiger partial charge in [-0.3, -0.25) is 0 Å². The second-order valence-electron chi connectivity index (χ2n) is 4.92. The predicted octanol–water partition coefficient (Wildman–Crippen LogP) is 2.58. The average molecular weight is 199 g/mol. The third-order valence-electron chi connectivity index (χ3n) is 2.90. The van der Waals surface area contributed by atoms with Crippen LogP contribution in [0, 0.1) is 5.92 Å². The molecule has 2 unspecified atom stereocenters. The van der Waals surface area contributed by atoms with Crippen LogP contribution in [0.1, 0.15) is 46.5 Å². The average Bonchev–Trinajstić information content (AvgIpc) is 2.15. The van der Waals surface area contributed by atoms with Crippen molar-refractivity contribution < 1.29 is 4.74 Å². The lowest BCUT2D eigenvalue weighted by atomic mass is 10.0. The lowest BCUT2D eigenvalue weighted by Crippen LogP contribution is -2.41. The quantitative estimate of drug-likeness (QED) is 0.687. The van der Waals surface area contributed by atoms with E-state index in [2.05, 4.69) is 26.1 Å². The molecule has 0 amide bonds. The molecule has 1 aliphatic rings. The normalized spacial score (nSPS) is 28.3. The number of rotatable bonds is 5. The van der Waals surface area contributed by atoms with Gasteiger partial charge in [0.15, 0.2) is 0 Å². The summed E-state index contributed by atoms with van der Waals surface area (Å²) in [5, 5.41) is 3.46. The molecule has 1 aliphatic heterocycles. The van der Waals surface area contributed by atoms with Gasteiger partial charge in [0.1, 0.15) is 0 Å². The van der Waals surface area contributed by atoms with E-state index < -0.39 is 0 Å². The van der Waals surface area contributed by atoms with Gasteiger partial charge < -0.3 is 10.1 Å². The van der Waals surface area contributed by atoms with Crippen LogP contribution in [0.2, 0.25) is 0 Å². The van der Waals surface area contributed by atoms with Gasteiger partial charge in [-0.05, 0) is 38.5 Å². The highest BCUT2D eigenvalue weighted by atomic mass is 16.5. The summed E-state index contributed by atoms with van der Waals surface area (Å²) < 4.78 is 5.82. The Labute approximate surface area is 88.4 Å². The van der Waals surface area contributed by atoms with E-state index in [9.17, 15) is 0 Å². The minimum Gasteiger partial charge on any atom is -0.377 e. The van der Waals surface area contributed by atoms with Crippen LogP contribution in [0.25, 0.3) is 0 Å². The van der Waals surface area contributed by atoms with E-state index in [1.807, 2.05) is 0 Å². The molecule has 2 atom stereocenters. The Morgan fingerprint density at radius 2 is 2.14 bits per heavy atom. The fraction of sp³-hybridized carbons (Fsp3) is 1.00. The second-order valence-corrected chi connectivity index (χ2v) is 4.92. The molecule has 1 fully saturated rings. The molecular formula is C12H25NO. The van der Waals surface area contributed by atoms with Crippen molar-refractivity contribution in [2.45, 2.75) is 58.6 Å². The lowest BCUT2D eigenvalue weighted by Gasteiger charge is -2.27. The van der Waals surface area contributed by atoms with E-state index in [1.165, 1.54) is 25.7 Å². The van der Waals surface area contributed by atoms with E-state index in [4.69, 9.17) is 4.74 Å². The summed E-state index contributed by atoms with van der Waals surface area (Å²) in [6.07, 6.45) is 5.46. The summed E-state index contributed by atoms with van der Waals surface area (Å²) in [5.41, 5.74) is 0. The topological polar surface area (TPSA) is 21.3 Å². The number of ether oxygens (including phenoxy) is 1. The molecule has 1 heterocycles. The van der Waals surface area contributed by atoms with Gasteiger partial charge in [0.2, 0.25) is 0 Å². The highest BCUT2D eigenvalue weighted by Gasteiger charge is 2.17. The number of hydrogen-bond donors (Lipinski definition) is 1. The Balaban J connectivity index is 1.96. The molecule has 0 aliphatic carbocycles. The van der Waals surface area contributed by atoms with Gasteiger partial charge >= 0.3 is 0 Å². The van der Waals surface area contributed by atoms with Crippen LogP contribution in [0.5, 0.6) is 0 Å². The van der Waals surface area contributed by atoms with Gasteiger partial charge in [-0.15, -0.1) is 0 Å². The van der Waals surface area contributed by atoms with Crippen molar-refractivity contribution in [3.63, 3.8) is 0 Å². The van der Waals surface area contributed by atoms with Crippen molar-refractivity contribution >= 4 is 0 Å². The zero-order valence-corrected chi connectivity index (χ0v) is 9.88. The van der Waals surface area contributed by atoms with Crippen molar-refractivity contribution in [1.82, 2.24) is 5.32 Å². The van der Waals surface area contributed by atoms with E-state index in [0.29, 0.717) is 12.1 Å². The first-order valence-electron chi connectivity index (χ1n) is 6.03. The minimum absolute atomic E-state index is 0.471. The Hall–Kier alpha value is -0.0800. The standard InChI is InChI=1S/C12H25NO/c1-10(2)5-4-8-14-12-7-6-11(3)13-9-12/h10-13H,4-9H2,1-3H3. The summed E-state index contributed by atoms with van der Waals surface area (Å²) in [6.45, 7) is 8.77. The number of piperidine rings is 1. The summed E-state index contributed by atoms with van der Waals surface area (Å²) in [5.74, 6) is 0.808. The summed E-state index contributed by atoms with van der Waals surface area (Å²) in [6, 6.07) is 0.686. The van der Waals surface area contributed by atoms with Crippen molar-refractivity contribution in [2.24, 2.45) is 5.92 Å². The van der Waals surface area contributed by atoms with Crippen molar-refractivity contribution in [3.05, 3.63) is 0 Å². The van der Waals surface area contributed by atoms with Crippen LogP contribution in [-0.2, 0) is 4.74 Å². The molecule has 1 N–H and O–H groups in total. The minimum atomic E-state index is 0.471. The molecule has 0 bridgehead atoms. The van der Waals surface area contributed by atoms with Gasteiger partial charge in [-0.1, -0.05) is 13.8 Å². The Morgan fingerprint density at radius 1 is 1.36 bits per heavy atom. The first-order chi connectivity index (χ1) is 6.68. The largest absolute Gasteiger partial charge is 0.377 e. The summed E-state index contributed by atoms with van der Waals surface area (Å²) >= 11 is 0. The first kappa shape index (κ1) is 12.0. The Kier molecular flexibility index (Phi) is 5.49. The van der Waals surface area contributed by atoms with Gasteiger partial charge in [0.05, 0.1) is 6.10 Å². The molecule has 1 rings (SSSR count). The maximum absolute atomic E-state index is 5.82. The van der Waals surface area contributed by atoms with E-state index in [1.54, 1.807) is 0 Å². The smallest absolute Gasteiger partial charge is 0.0700 e. The number of hydrogen-bond acceptors (Lipinski definition) is 2. The molecule has 0 saturated carbocycles. The molecule has 1 saturated heterocycles. The second kappa shape index (κ2) is 6.41. The monoisotopic (exact) mass is 199 g/mol. The number of nitrogens with one attached hydrogen (secondary N) is 1. The van der Waals surface area contributed by atoms with Gasteiger partial charge in [-0.25, -0.2) is 0 Å². The first-order valence-corrected chi connectivity index (χ1v) is 6.03. The molecule has 0 aromatic rings. The third kappa shape index (κ3) is 4.97. The molecule has 0 aromatic carbocycles. The predicted molar refractivity (Wildman–Crippen MR) is 60.5 cm³/mol. The van der Waals surface area contributed by atoms with Crippen molar-refractivity contribution in [2.75, 3.05) is 13.2 Å². The SMILES string of the molecule is CC(C)CCCOC1CCC(C)NC1. The molecule has 0 spiro atoms. The molecule has 0 aromatic heterocycles. The molecule has 84 valence electrons. The van der Waals surface area contributed by atoms with Crippen LogP contribution >= 0.6 is 0 Å². The Morgan fingerprint density at radius 3 is 2.71 bits per heavy atom. The van der Waals surface area contributed by atoms with Crippen LogP contribution in [-0.4, -0.2) is 25.3 Å². The van der Waals surface area contributed by atoms with E-state index >= 15 is 0 Å². The van der Waals surface area contributed by atoms with Crippen molar-refractivity contribution in [1.29, 1.82) is 0 Å². The maximum Gasteiger partial charge on any atom is 0.0700 e. The van der Waals surface area contributed by atoms with Gasteiger partial charge in [-0.2, -0.15) is 0 Å². The maximum atomic E-state index is 5.82. The molecule has 0 radical (unpaired) electrons. The molecule has 2 heteroatoms. The molecule has 2 nitrogen and oxygen atoms in total. The lowest BCUT2D eigenvalue weighted by molar-refractivity contribution is 0.0277. The fourth-order valence-electron chi connectivity index (χ4n) is 1.86. The fourth-order valence-corrected chi connectivity index (χ4v) is 1.86. The highest BCUT2D eigenvalue weighted by Crippen LogP contribution is 2.12. The van der Waals surface area contributed by atoms with Gasteiger partial charge in [0.25, 0.3) is 0 Å². The van der Waals surface area contributed by atoms with Crippen molar-refractivity contribution in [3.8, 4) is 0 Å². The highest BCUT2D eigenvalue weighted by molar-refractivity contribution is 4.74. The van der Waals surface area contributed by atoms with Gasteiger partial charge in [0, 0.05) is 19.2 Å². The van der Waals surface area contributed by atoms with Crippen LogP contribution in [0.4, 0.5) is 0 Å². The van der Waals surface area contributed by atoms with Crippen LogP contribution in [0.15, 0.2) is 0 Å². The zero-order chi connectivity index (χ0) is 10.4. The Bertz CT molecular complexity index is 139. The van der Waals surface area contributed by atoms with Crippen LogP contribution < -0.4 is 5.32 Å².